The monoisotopic (exact) mass is 800 g/mol. The van der Waals surface area contributed by atoms with Crippen LogP contribution >= 0.6 is 7.82 Å². The molecule has 0 bridgehead atoms. The molecule has 0 aromatic heterocycles. The number of ether oxygens (including phenoxy) is 2. The second-order valence-electron chi connectivity index (χ2n) is 15.3. The maximum atomic E-state index is 12.6. The van der Waals surface area contributed by atoms with Gasteiger partial charge in [0.05, 0.1) is 13.2 Å². The summed E-state index contributed by atoms with van der Waals surface area (Å²) in [6.07, 6.45) is 44.9. The lowest BCUT2D eigenvalue weighted by Crippen LogP contribution is -2.29. The summed E-state index contributed by atoms with van der Waals surface area (Å²) < 4.78 is 32.8. The minimum absolute atomic E-state index is 0.0532. The largest absolute Gasteiger partial charge is 0.472 e. The Morgan fingerprint density at radius 3 is 1.29 bits per heavy atom. The summed E-state index contributed by atoms with van der Waals surface area (Å²) >= 11 is 0. The molecule has 0 amide bonds. The molecule has 0 aliphatic heterocycles. The van der Waals surface area contributed by atoms with Crippen molar-refractivity contribution in [3.63, 3.8) is 0 Å². The van der Waals surface area contributed by atoms with Crippen LogP contribution in [0.5, 0.6) is 0 Å². The second-order valence-corrected chi connectivity index (χ2v) is 16.7. The lowest BCUT2D eigenvalue weighted by molar-refractivity contribution is -0.161. The first-order valence-corrected chi connectivity index (χ1v) is 24.3. The van der Waals surface area contributed by atoms with E-state index < -0.39 is 26.5 Å². The van der Waals surface area contributed by atoms with Crippen molar-refractivity contribution < 1.29 is 37.6 Å². The van der Waals surface area contributed by atoms with Crippen LogP contribution in [-0.2, 0) is 32.7 Å². The number of carbonyl (C=O) groups is 2. The zero-order chi connectivity index (χ0) is 40.3. The van der Waals surface area contributed by atoms with Gasteiger partial charge in [0.2, 0.25) is 0 Å². The van der Waals surface area contributed by atoms with Gasteiger partial charge in [-0.15, -0.1) is 0 Å². The summed E-state index contributed by atoms with van der Waals surface area (Å²) in [5.74, 6) is -0.832. The van der Waals surface area contributed by atoms with Crippen LogP contribution in [0.2, 0.25) is 0 Å². The molecule has 0 radical (unpaired) electrons. The standard InChI is InChI=1S/C45H86NO8P/c1-3-5-7-9-11-13-15-17-19-21-23-25-27-29-31-33-35-37-44(47)51-41-43(42-53-55(49,50)52-40-39-46)54-45(48)38-36-34-32-30-28-26-24-22-20-18-16-14-12-10-8-6-4-2/h17-20,43H,3-16,21-42,46H2,1-2H3,(H,49,50). The molecule has 55 heavy (non-hydrogen) atoms. The molecule has 0 saturated heterocycles. The van der Waals surface area contributed by atoms with Crippen LogP contribution in [0.25, 0.3) is 0 Å². The van der Waals surface area contributed by atoms with E-state index in [4.69, 9.17) is 24.3 Å². The molecular formula is C45H86NO8P. The number of carbonyl (C=O) groups excluding carboxylic acids is 2. The van der Waals surface area contributed by atoms with E-state index in [1.807, 2.05) is 0 Å². The molecule has 0 saturated carbocycles. The Morgan fingerprint density at radius 1 is 0.527 bits per heavy atom. The third-order valence-electron chi connectivity index (χ3n) is 9.81. The highest BCUT2D eigenvalue weighted by Crippen LogP contribution is 2.43. The number of phosphoric ester groups is 1. The van der Waals surface area contributed by atoms with Crippen molar-refractivity contribution in [1.29, 1.82) is 0 Å². The van der Waals surface area contributed by atoms with Crippen molar-refractivity contribution in [2.24, 2.45) is 5.73 Å². The molecule has 9 nitrogen and oxygen atoms in total. The Morgan fingerprint density at radius 2 is 0.891 bits per heavy atom. The van der Waals surface area contributed by atoms with E-state index in [1.165, 1.54) is 128 Å². The number of phosphoric acid groups is 1. The highest BCUT2D eigenvalue weighted by Gasteiger charge is 2.26. The van der Waals surface area contributed by atoms with Crippen molar-refractivity contribution in [2.75, 3.05) is 26.4 Å². The minimum atomic E-state index is -4.38. The summed E-state index contributed by atoms with van der Waals surface area (Å²) in [6.45, 7) is 3.74. The molecule has 10 heteroatoms. The van der Waals surface area contributed by atoms with Gasteiger partial charge in [-0.05, 0) is 64.2 Å². The molecule has 0 aromatic rings. The minimum Gasteiger partial charge on any atom is -0.462 e. The molecule has 0 aromatic carbocycles. The highest BCUT2D eigenvalue weighted by atomic mass is 31.2. The smallest absolute Gasteiger partial charge is 0.462 e. The van der Waals surface area contributed by atoms with Crippen LogP contribution in [0.15, 0.2) is 24.3 Å². The van der Waals surface area contributed by atoms with E-state index in [0.717, 1.165) is 57.8 Å². The number of hydrogen-bond donors (Lipinski definition) is 2. The normalized spacial score (nSPS) is 13.5. The van der Waals surface area contributed by atoms with E-state index in [9.17, 15) is 19.0 Å². The molecule has 0 spiro atoms. The molecule has 0 aliphatic rings. The van der Waals surface area contributed by atoms with Crippen molar-refractivity contribution in [2.45, 2.75) is 225 Å². The van der Waals surface area contributed by atoms with Crippen LogP contribution in [0.1, 0.15) is 219 Å². The zero-order valence-electron chi connectivity index (χ0n) is 35.7. The number of rotatable bonds is 43. The molecule has 0 aliphatic carbocycles. The first-order chi connectivity index (χ1) is 26.8. The molecule has 0 rings (SSSR count). The summed E-state index contributed by atoms with van der Waals surface area (Å²) in [5, 5.41) is 0. The average molecular weight is 800 g/mol. The van der Waals surface area contributed by atoms with Gasteiger partial charge in [0.25, 0.3) is 0 Å². The van der Waals surface area contributed by atoms with E-state index in [2.05, 4.69) is 38.2 Å². The van der Waals surface area contributed by atoms with Gasteiger partial charge >= 0.3 is 19.8 Å². The van der Waals surface area contributed by atoms with Crippen molar-refractivity contribution in [3.05, 3.63) is 24.3 Å². The van der Waals surface area contributed by atoms with Crippen molar-refractivity contribution in [3.8, 4) is 0 Å². The number of esters is 2. The van der Waals surface area contributed by atoms with Crippen LogP contribution in [0.4, 0.5) is 0 Å². The predicted molar refractivity (Wildman–Crippen MR) is 229 cm³/mol. The maximum absolute atomic E-state index is 12.6. The van der Waals surface area contributed by atoms with Gasteiger partial charge in [0, 0.05) is 19.4 Å². The second kappa shape index (κ2) is 42.1. The van der Waals surface area contributed by atoms with Gasteiger partial charge in [-0.1, -0.05) is 167 Å². The van der Waals surface area contributed by atoms with Crippen LogP contribution in [0, 0.1) is 0 Å². The molecule has 3 N–H and O–H groups in total. The molecule has 2 atom stereocenters. The molecule has 324 valence electrons. The molecular weight excluding hydrogens is 713 g/mol. The molecule has 0 fully saturated rings. The Labute approximate surface area is 338 Å². The predicted octanol–water partition coefficient (Wildman–Crippen LogP) is 13.2. The lowest BCUT2D eigenvalue weighted by atomic mass is 10.1. The Hall–Kier alpha value is -1.51. The van der Waals surface area contributed by atoms with Gasteiger partial charge in [-0.2, -0.15) is 0 Å². The fourth-order valence-electron chi connectivity index (χ4n) is 6.39. The third-order valence-corrected chi connectivity index (χ3v) is 10.8. The van der Waals surface area contributed by atoms with Gasteiger partial charge in [-0.3, -0.25) is 18.6 Å². The van der Waals surface area contributed by atoms with Crippen LogP contribution in [-0.4, -0.2) is 49.3 Å². The summed E-state index contributed by atoms with van der Waals surface area (Å²) in [6, 6.07) is 0. The fourth-order valence-corrected chi connectivity index (χ4v) is 7.15. The van der Waals surface area contributed by atoms with Gasteiger partial charge in [0.15, 0.2) is 6.10 Å². The van der Waals surface area contributed by atoms with E-state index in [1.54, 1.807) is 0 Å². The molecule has 0 heterocycles. The number of unbranched alkanes of at least 4 members (excludes halogenated alkanes) is 26. The summed E-state index contributed by atoms with van der Waals surface area (Å²) in [5.41, 5.74) is 5.35. The first kappa shape index (κ1) is 53.5. The third kappa shape index (κ3) is 41.9. The highest BCUT2D eigenvalue weighted by molar-refractivity contribution is 7.47. The average Bonchev–Trinajstić information content (AvgIpc) is 3.17. The summed E-state index contributed by atoms with van der Waals surface area (Å²) in [7, 11) is -4.38. The number of hydrogen-bond acceptors (Lipinski definition) is 8. The molecule has 2 unspecified atom stereocenters. The van der Waals surface area contributed by atoms with Crippen molar-refractivity contribution >= 4 is 19.8 Å². The summed E-state index contributed by atoms with van der Waals surface area (Å²) in [4.78, 5) is 34.9. The Balaban J connectivity index is 4.12. The number of nitrogens with two attached hydrogens (primary N) is 1. The van der Waals surface area contributed by atoms with E-state index >= 15 is 0 Å². The number of allylic oxidation sites excluding steroid dienone is 4. The Kier molecular flexibility index (Phi) is 40.9. The fraction of sp³-hybridized carbons (Fsp3) is 0.867. The zero-order valence-corrected chi connectivity index (χ0v) is 36.6. The van der Waals surface area contributed by atoms with Crippen molar-refractivity contribution in [1.82, 2.24) is 0 Å². The van der Waals surface area contributed by atoms with Crippen LogP contribution < -0.4 is 5.73 Å². The van der Waals surface area contributed by atoms with Gasteiger partial charge in [0.1, 0.15) is 6.61 Å². The topological polar surface area (TPSA) is 134 Å². The first-order valence-electron chi connectivity index (χ1n) is 22.8. The van der Waals surface area contributed by atoms with Crippen LogP contribution in [0.3, 0.4) is 0 Å². The lowest BCUT2D eigenvalue weighted by Gasteiger charge is -2.19. The maximum Gasteiger partial charge on any atom is 0.472 e. The van der Waals surface area contributed by atoms with Gasteiger partial charge in [-0.25, -0.2) is 4.57 Å². The van der Waals surface area contributed by atoms with E-state index in [0.29, 0.717) is 6.42 Å². The SMILES string of the molecule is CCCCCCCCC=CCCCCCCCCCC(=O)OCC(COP(=O)(O)OCCN)OC(=O)CCCCCCCCCC=CCCCCCCCC. The quantitative estimate of drug-likeness (QED) is 0.0267. The Bertz CT molecular complexity index is 959. The van der Waals surface area contributed by atoms with E-state index in [-0.39, 0.29) is 38.6 Å². The van der Waals surface area contributed by atoms with Gasteiger partial charge < -0.3 is 20.1 Å².